The standard InChI is InChI=1S/C31H33NO5/c1-18(2)37-31(5)14-12-21(13-15-31)17-35-26-11-10-19(3)28-27(26)23(30(33)34)16-24(32-28)29-20(4)22-8-6-7-9-25(22)36-29/h6-11,16-18H,12-15H2,1-5H3,(H,33,34). The summed E-state index contributed by atoms with van der Waals surface area (Å²) in [5.74, 6) is 0.0229. The number of para-hydroxylation sites is 1. The fourth-order valence-electron chi connectivity index (χ4n) is 5.30. The highest BCUT2D eigenvalue weighted by atomic mass is 16.5. The molecule has 6 nitrogen and oxygen atoms in total. The second-order valence-corrected chi connectivity index (χ2v) is 10.5. The van der Waals surface area contributed by atoms with Gasteiger partial charge in [0, 0.05) is 10.9 Å². The van der Waals surface area contributed by atoms with Crippen LogP contribution in [0.1, 0.15) is 67.9 Å². The van der Waals surface area contributed by atoms with E-state index in [4.69, 9.17) is 18.9 Å². The Morgan fingerprint density at radius 1 is 1.14 bits per heavy atom. The highest BCUT2D eigenvalue weighted by Crippen LogP contribution is 2.38. The van der Waals surface area contributed by atoms with Gasteiger partial charge in [-0.25, -0.2) is 9.78 Å². The van der Waals surface area contributed by atoms with Gasteiger partial charge in [-0.1, -0.05) is 24.3 Å². The Balaban J connectivity index is 1.53. The van der Waals surface area contributed by atoms with Gasteiger partial charge in [-0.05, 0) is 89.6 Å². The van der Waals surface area contributed by atoms with E-state index in [1.807, 2.05) is 50.2 Å². The maximum Gasteiger partial charge on any atom is 0.336 e. The zero-order valence-electron chi connectivity index (χ0n) is 22.1. The summed E-state index contributed by atoms with van der Waals surface area (Å²) in [7, 11) is 0. The molecule has 0 spiro atoms. The summed E-state index contributed by atoms with van der Waals surface area (Å²) in [4.78, 5) is 17.3. The lowest BCUT2D eigenvalue weighted by atomic mass is 9.83. The summed E-state index contributed by atoms with van der Waals surface area (Å²) < 4.78 is 18.4. The predicted octanol–water partition coefficient (Wildman–Crippen LogP) is 7.98. The monoisotopic (exact) mass is 499 g/mol. The van der Waals surface area contributed by atoms with E-state index in [1.165, 1.54) is 5.57 Å². The van der Waals surface area contributed by atoms with Crippen molar-refractivity contribution in [3.05, 3.63) is 71.0 Å². The number of pyridine rings is 1. The number of hydrogen-bond acceptors (Lipinski definition) is 5. The average molecular weight is 500 g/mol. The Morgan fingerprint density at radius 2 is 1.86 bits per heavy atom. The molecule has 6 heteroatoms. The van der Waals surface area contributed by atoms with Crippen LogP contribution in [0.4, 0.5) is 0 Å². The van der Waals surface area contributed by atoms with Gasteiger partial charge in [-0.3, -0.25) is 0 Å². The number of furan rings is 1. The van der Waals surface area contributed by atoms with Crippen molar-refractivity contribution in [3.8, 4) is 17.2 Å². The Labute approximate surface area is 216 Å². The summed E-state index contributed by atoms with van der Waals surface area (Å²) in [5, 5.41) is 11.7. The van der Waals surface area contributed by atoms with Gasteiger partial charge in [-0.2, -0.15) is 0 Å². The van der Waals surface area contributed by atoms with Gasteiger partial charge in [0.15, 0.2) is 5.76 Å². The Kier molecular flexibility index (Phi) is 6.54. The smallest absolute Gasteiger partial charge is 0.336 e. The summed E-state index contributed by atoms with van der Waals surface area (Å²) >= 11 is 0. The number of benzene rings is 2. The van der Waals surface area contributed by atoms with Crippen molar-refractivity contribution in [1.82, 2.24) is 4.98 Å². The first-order valence-corrected chi connectivity index (χ1v) is 12.8. The van der Waals surface area contributed by atoms with E-state index in [1.54, 1.807) is 12.3 Å². The molecule has 1 aliphatic carbocycles. The number of carbonyl (C=O) groups is 1. The van der Waals surface area contributed by atoms with Gasteiger partial charge >= 0.3 is 5.97 Å². The molecule has 5 rings (SSSR count). The first-order chi connectivity index (χ1) is 17.6. The zero-order chi connectivity index (χ0) is 26.3. The van der Waals surface area contributed by atoms with Gasteiger partial charge in [-0.15, -0.1) is 0 Å². The number of rotatable bonds is 6. The minimum Gasteiger partial charge on any atom is -0.478 e. The van der Waals surface area contributed by atoms with Gasteiger partial charge < -0.3 is 19.0 Å². The lowest BCUT2D eigenvalue weighted by molar-refractivity contribution is -0.0831. The SMILES string of the molecule is Cc1c(-c2cc(C(=O)O)c3c(OC=C4CCC(C)(OC(C)C)CC4)ccc(C)c3n2)oc2ccccc12. The molecule has 0 saturated heterocycles. The highest BCUT2D eigenvalue weighted by Gasteiger charge is 2.30. The summed E-state index contributed by atoms with van der Waals surface area (Å²) in [6.07, 6.45) is 5.59. The van der Waals surface area contributed by atoms with Gasteiger partial charge in [0.05, 0.1) is 34.4 Å². The average Bonchev–Trinajstić information content (AvgIpc) is 3.20. The van der Waals surface area contributed by atoms with Crippen LogP contribution in [0.3, 0.4) is 0 Å². The summed E-state index contributed by atoms with van der Waals surface area (Å²) in [6.45, 7) is 10.2. The van der Waals surface area contributed by atoms with Crippen molar-refractivity contribution >= 4 is 27.8 Å². The second-order valence-electron chi connectivity index (χ2n) is 10.5. The summed E-state index contributed by atoms with van der Waals surface area (Å²) in [5.41, 5.74) is 4.84. The molecule has 0 atom stereocenters. The van der Waals surface area contributed by atoms with Crippen LogP contribution in [0.15, 0.2) is 58.7 Å². The number of aromatic nitrogens is 1. The lowest BCUT2D eigenvalue weighted by Crippen LogP contribution is -2.34. The van der Waals surface area contributed by atoms with Crippen LogP contribution in [0.2, 0.25) is 0 Å². The van der Waals surface area contributed by atoms with Crippen LogP contribution in [0.5, 0.6) is 5.75 Å². The van der Waals surface area contributed by atoms with Crippen LogP contribution in [-0.2, 0) is 4.74 Å². The molecule has 0 unspecified atom stereocenters. The number of aryl methyl sites for hydroxylation is 2. The largest absolute Gasteiger partial charge is 0.478 e. The Hall–Kier alpha value is -3.64. The number of allylic oxidation sites excluding steroid dienone is 1. The third-order valence-electron chi connectivity index (χ3n) is 7.25. The summed E-state index contributed by atoms with van der Waals surface area (Å²) in [6, 6.07) is 13.1. The first-order valence-electron chi connectivity index (χ1n) is 12.8. The number of aromatic carboxylic acids is 1. The van der Waals surface area contributed by atoms with Gasteiger partial charge in [0.2, 0.25) is 0 Å². The van der Waals surface area contributed by atoms with Crippen molar-refractivity contribution in [2.24, 2.45) is 0 Å². The molecule has 2 aromatic carbocycles. The molecule has 192 valence electrons. The maximum absolute atomic E-state index is 12.4. The number of nitrogens with zero attached hydrogens (tertiary/aromatic N) is 1. The van der Waals surface area contributed by atoms with E-state index >= 15 is 0 Å². The van der Waals surface area contributed by atoms with Crippen LogP contribution in [0, 0.1) is 13.8 Å². The van der Waals surface area contributed by atoms with Crippen LogP contribution < -0.4 is 4.74 Å². The number of ether oxygens (including phenoxy) is 2. The molecule has 0 amide bonds. The Morgan fingerprint density at radius 3 is 2.54 bits per heavy atom. The van der Waals surface area contributed by atoms with Crippen molar-refractivity contribution in [2.45, 2.75) is 72.0 Å². The minimum absolute atomic E-state index is 0.117. The molecule has 1 N–H and O–H groups in total. The van der Waals surface area contributed by atoms with Crippen LogP contribution >= 0.6 is 0 Å². The van der Waals surface area contributed by atoms with E-state index in [0.29, 0.717) is 28.1 Å². The van der Waals surface area contributed by atoms with E-state index in [2.05, 4.69) is 20.8 Å². The molecule has 1 aliphatic rings. The molecule has 0 bridgehead atoms. The zero-order valence-corrected chi connectivity index (χ0v) is 22.1. The first kappa shape index (κ1) is 25.0. The van der Waals surface area contributed by atoms with Crippen molar-refractivity contribution in [3.63, 3.8) is 0 Å². The fourth-order valence-corrected chi connectivity index (χ4v) is 5.30. The lowest BCUT2D eigenvalue weighted by Gasteiger charge is -2.36. The van der Waals surface area contributed by atoms with Crippen LogP contribution in [0.25, 0.3) is 33.3 Å². The van der Waals surface area contributed by atoms with Crippen molar-refractivity contribution in [1.29, 1.82) is 0 Å². The van der Waals surface area contributed by atoms with E-state index < -0.39 is 5.97 Å². The molecular formula is C31H33NO5. The number of carboxylic acid groups (broad SMARTS) is 1. The molecule has 2 aromatic heterocycles. The number of hydrogen-bond donors (Lipinski definition) is 1. The van der Waals surface area contributed by atoms with E-state index in [9.17, 15) is 9.90 Å². The third kappa shape index (κ3) is 4.86. The maximum atomic E-state index is 12.4. The normalized spacial score (nSPS) is 18.1. The number of carboxylic acids is 1. The quantitative estimate of drug-likeness (QED) is 0.271. The fraction of sp³-hybridized carbons (Fsp3) is 0.355. The predicted molar refractivity (Wildman–Crippen MR) is 145 cm³/mol. The van der Waals surface area contributed by atoms with Crippen molar-refractivity contribution < 1.29 is 23.8 Å². The Bertz CT molecular complexity index is 1520. The third-order valence-corrected chi connectivity index (χ3v) is 7.25. The molecule has 2 heterocycles. The highest BCUT2D eigenvalue weighted by molar-refractivity contribution is 6.07. The molecule has 4 aromatic rings. The topological polar surface area (TPSA) is 81.8 Å². The molecular weight excluding hydrogens is 466 g/mol. The molecule has 1 fully saturated rings. The molecule has 0 radical (unpaired) electrons. The molecule has 1 saturated carbocycles. The van der Waals surface area contributed by atoms with E-state index in [0.717, 1.165) is 47.8 Å². The van der Waals surface area contributed by atoms with Gasteiger partial charge in [0.25, 0.3) is 0 Å². The second kappa shape index (κ2) is 9.67. The minimum atomic E-state index is -1.04. The van der Waals surface area contributed by atoms with Gasteiger partial charge in [0.1, 0.15) is 17.0 Å². The van der Waals surface area contributed by atoms with Crippen molar-refractivity contribution in [2.75, 3.05) is 0 Å². The van der Waals surface area contributed by atoms with Crippen LogP contribution in [-0.4, -0.2) is 27.8 Å². The molecule has 0 aliphatic heterocycles. The number of fused-ring (bicyclic) bond motifs is 2. The molecule has 37 heavy (non-hydrogen) atoms. The van der Waals surface area contributed by atoms with E-state index in [-0.39, 0.29) is 17.3 Å².